The lowest BCUT2D eigenvalue weighted by Crippen LogP contribution is -2.40. The fraction of sp³-hybridized carbons (Fsp3) is 0.650. The molecule has 0 amide bonds. The van der Waals surface area contributed by atoms with Crippen LogP contribution in [-0.2, 0) is 17.8 Å². The van der Waals surface area contributed by atoms with Crippen LogP contribution in [0.4, 0.5) is 0 Å². The molecule has 1 aromatic carbocycles. The lowest BCUT2D eigenvalue weighted by atomic mass is 10.1. The highest BCUT2D eigenvalue weighted by Crippen LogP contribution is 2.28. The van der Waals surface area contributed by atoms with Gasteiger partial charge in [-0.1, -0.05) is 31.2 Å². The molecule has 1 aliphatic carbocycles. The van der Waals surface area contributed by atoms with Gasteiger partial charge in [0.15, 0.2) is 5.96 Å². The minimum atomic E-state index is 0.333. The van der Waals surface area contributed by atoms with Crippen LogP contribution in [0.2, 0.25) is 0 Å². The number of aliphatic imine (C=N–C) groups is 1. The zero-order chi connectivity index (χ0) is 17.6. The molecule has 0 radical (unpaired) electrons. The van der Waals surface area contributed by atoms with Gasteiger partial charge in [-0.05, 0) is 37.3 Å². The van der Waals surface area contributed by atoms with E-state index in [1.54, 1.807) is 0 Å². The Morgan fingerprint density at radius 3 is 2.84 bits per heavy atom. The van der Waals surface area contributed by atoms with Crippen LogP contribution in [0.25, 0.3) is 0 Å². The van der Waals surface area contributed by atoms with E-state index >= 15 is 0 Å². The molecular weight excluding hydrogens is 312 g/mol. The fourth-order valence-electron chi connectivity index (χ4n) is 3.31. The quantitative estimate of drug-likeness (QED) is 0.614. The van der Waals surface area contributed by atoms with Gasteiger partial charge in [-0.15, -0.1) is 0 Å². The van der Waals surface area contributed by atoms with Crippen molar-refractivity contribution >= 4 is 5.96 Å². The Kier molecular flexibility index (Phi) is 6.32. The number of morpholine rings is 1. The van der Waals surface area contributed by atoms with Gasteiger partial charge < -0.3 is 15.4 Å². The van der Waals surface area contributed by atoms with Crippen molar-refractivity contribution in [2.75, 3.05) is 26.2 Å². The summed E-state index contributed by atoms with van der Waals surface area (Å²) in [5.41, 5.74) is 2.62. The molecule has 2 N–H and O–H groups in total. The Morgan fingerprint density at radius 1 is 1.32 bits per heavy atom. The molecule has 3 atom stereocenters. The topological polar surface area (TPSA) is 48.9 Å². The third-order valence-corrected chi connectivity index (χ3v) is 4.92. The molecular formula is C20H32N4O. The first kappa shape index (κ1) is 18.2. The summed E-state index contributed by atoms with van der Waals surface area (Å²) >= 11 is 0. The van der Waals surface area contributed by atoms with Gasteiger partial charge in [0, 0.05) is 32.2 Å². The second-order valence-electron chi connectivity index (χ2n) is 7.40. The maximum atomic E-state index is 5.63. The second-order valence-corrected chi connectivity index (χ2v) is 7.40. The lowest BCUT2D eigenvalue weighted by Gasteiger charge is -2.31. The van der Waals surface area contributed by atoms with Crippen LogP contribution in [-0.4, -0.2) is 49.2 Å². The van der Waals surface area contributed by atoms with Crippen LogP contribution < -0.4 is 10.6 Å². The maximum absolute atomic E-state index is 5.63. The van der Waals surface area contributed by atoms with E-state index in [2.05, 4.69) is 60.6 Å². The third kappa shape index (κ3) is 5.72. The molecule has 0 bridgehead atoms. The molecule has 1 aromatic rings. The van der Waals surface area contributed by atoms with Crippen LogP contribution in [0.3, 0.4) is 0 Å². The van der Waals surface area contributed by atoms with Gasteiger partial charge in [-0.2, -0.15) is 0 Å². The van der Waals surface area contributed by atoms with E-state index in [0.717, 1.165) is 44.7 Å². The normalized spacial score (nSPS) is 27.2. The van der Waals surface area contributed by atoms with Crippen LogP contribution in [0.5, 0.6) is 0 Å². The summed E-state index contributed by atoms with van der Waals surface area (Å²) in [5.74, 6) is 1.70. The molecule has 2 fully saturated rings. The van der Waals surface area contributed by atoms with Crippen molar-refractivity contribution in [3.05, 3.63) is 35.4 Å². The van der Waals surface area contributed by atoms with E-state index in [4.69, 9.17) is 9.73 Å². The zero-order valence-corrected chi connectivity index (χ0v) is 15.8. The van der Waals surface area contributed by atoms with E-state index in [9.17, 15) is 0 Å². The molecule has 5 heteroatoms. The van der Waals surface area contributed by atoms with E-state index in [1.165, 1.54) is 17.5 Å². The molecule has 1 saturated carbocycles. The van der Waals surface area contributed by atoms with Gasteiger partial charge in [0.2, 0.25) is 0 Å². The molecule has 0 spiro atoms. The fourth-order valence-corrected chi connectivity index (χ4v) is 3.31. The highest BCUT2D eigenvalue weighted by molar-refractivity contribution is 5.80. The van der Waals surface area contributed by atoms with Crippen LogP contribution in [0.1, 0.15) is 38.3 Å². The predicted molar refractivity (Wildman–Crippen MR) is 103 cm³/mol. The van der Waals surface area contributed by atoms with E-state index in [1.807, 2.05) is 0 Å². The van der Waals surface area contributed by atoms with E-state index in [0.29, 0.717) is 18.7 Å². The number of nitrogens with one attached hydrogen (secondary N) is 2. The maximum Gasteiger partial charge on any atom is 0.191 e. The molecule has 1 heterocycles. The largest absolute Gasteiger partial charge is 0.376 e. The summed E-state index contributed by atoms with van der Waals surface area (Å²) in [6.07, 6.45) is 1.58. The predicted octanol–water partition coefficient (Wildman–Crippen LogP) is 2.37. The summed E-state index contributed by atoms with van der Waals surface area (Å²) in [5, 5.41) is 6.86. The van der Waals surface area contributed by atoms with Crippen LogP contribution in [0, 0.1) is 5.92 Å². The summed E-state index contributed by atoms with van der Waals surface area (Å²) < 4.78 is 5.63. The van der Waals surface area contributed by atoms with E-state index in [-0.39, 0.29) is 0 Å². The smallest absolute Gasteiger partial charge is 0.191 e. The monoisotopic (exact) mass is 344 g/mol. The number of hydrogen-bond acceptors (Lipinski definition) is 3. The Labute approximate surface area is 151 Å². The molecule has 1 aliphatic heterocycles. The zero-order valence-electron chi connectivity index (χ0n) is 15.8. The molecule has 3 rings (SSSR count). The minimum absolute atomic E-state index is 0.333. The Bertz CT molecular complexity index is 589. The van der Waals surface area contributed by atoms with Gasteiger partial charge in [0.1, 0.15) is 0 Å². The Hall–Kier alpha value is -1.59. The van der Waals surface area contributed by atoms with E-state index < -0.39 is 0 Å². The van der Waals surface area contributed by atoms with Gasteiger partial charge in [0.25, 0.3) is 0 Å². The molecule has 1 saturated heterocycles. The molecule has 25 heavy (non-hydrogen) atoms. The first-order valence-corrected chi connectivity index (χ1v) is 9.60. The number of benzene rings is 1. The van der Waals surface area contributed by atoms with Gasteiger partial charge in [-0.25, -0.2) is 4.99 Å². The number of hydrogen-bond donors (Lipinski definition) is 2. The number of ether oxygens (including phenoxy) is 1. The summed E-state index contributed by atoms with van der Waals surface area (Å²) in [4.78, 5) is 7.23. The van der Waals surface area contributed by atoms with Gasteiger partial charge in [0.05, 0.1) is 19.3 Å². The van der Waals surface area contributed by atoms with Crippen molar-refractivity contribution < 1.29 is 4.74 Å². The molecule has 5 nitrogen and oxygen atoms in total. The van der Waals surface area contributed by atoms with Crippen LogP contribution in [0.15, 0.2) is 29.3 Å². The highest BCUT2D eigenvalue weighted by atomic mass is 16.5. The summed E-state index contributed by atoms with van der Waals surface area (Å²) in [6, 6.07) is 9.40. The summed E-state index contributed by atoms with van der Waals surface area (Å²) in [7, 11) is 0. The summed E-state index contributed by atoms with van der Waals surface area (Å²) in [6.45, 7) is 12.0. The van der Waals surface area contributed by atoms with Crippen molar-refractivity contribution in [3.8, 4) is 0 Å². The van der Waals surface area contributed by atoms with Gasteiger partial charge in [-0.3, -0.25) is 4.90 Å². The Morgan fingerprint density at radius 2 is 2.12 bits per heavy atom. The van der Waals surface area contributed by atoms with Crippen LogP contribution >= 0.6 is 0 Å². The molecule has 138 valence electrons. The Balaban J connectivity index is 1.57. The molecule has 2 aliphatic rings. The molecule has 0 aromatic heterocycles. The first-order valence-electron chi connectivity index (χ1n) is 9.60. The lowest BCUT2D eigenvalue weighted by molar-refractivity contribution is -0.0212. The van der Waals surface area contributed by atoms with Crippen molar-refractivity contribution in [1.82, 2.24) is 15.5 Å². The average molecular weight is 345 g/mol. The van der Waals surface area contributed by atoms with Crippen molar-refractivity contribution in [3.63, 3.8) is 0 Å². The van der Waals surface area contributed by atoms with Crippen molar-refractivity contribution in [2.45, 2.75) is 52.4 Å². The molecule has 3 unspecified atom stereocenters. The average Bonchev–Trinajstić information content (AvgIpc) is 3.28. The number of rotatable bonds is 6. The third-order valence-electron chi connectivity index (χ3n) is 4.92. The highest BCUT2D eigenvalue weighted by Gasteiger charge is 2.33. The standard InChI is InChI=1S/C20H32N4O/c1-4-21-20(23-19-10-15(19)2)22-12-17-6-5-7-18(11-17)14-24-8-9-25-16(3)13-24/h5-7,11,15-16,19H,4,8-10,12-14H2,1-3H3,(H2,21,22,23). The first-order chi connectivity index (χ1) is 12.1. The minimum Gasteiger partial charge on any atom is -0.376 e. The second kappa shape index (κ2) is 8.68. The number of nitrogens with zero attached hydrogens (tertiary/aromatic N) is 2. The van der Waals surface area contributed by atoms with Crippen molar-refractivity contribution in [2.24, 2.45) is 10.9 Å². The van der Waals surface area contributed by atoms with Crippen molar-refractivity contribution in [1.29, 1.82) is 0 Å². The van der Waals surface area contributed by atoms with Gasteiger partial charge >= 0.3 is 0 Å². The SMILES string of the molecule is CCNC(=NCc1cccc(CN2CCOC(C)C2)c1)NC1CC1C. The number of guanidine groups is 1.